The maximum Gasteiger partial charge on any atom is 0.356 e. The highest BCUT2D eigenvalue weighted by Crippen LogP contribution is 2.25. The van der Waals surface area contributed by atoms with Gasteiger partial charge in [0.2, 0.25) is 0 Å². The van der Waals surface area contributed by atoms with Crippen molar-refractivity contribution in [3.05, 3.63) is 52.5 Å². The lowest BCUT2D eigenvalue weighted by atomic mass is 10.1. The molecule has 0 spiro atoms. The molecule has 1 aromatic carbocycles. The molecule has 7 heteroatoms. The average molecular weight is 336 g/mol. The van der Waals surface area contributed by atoms with E-state index in [1.807, 2.05) is 0 Å². The van der Waals surface area contributed by atoms with E-state index in [-0.39, 0.29) is 11.5 Å². The summed E-state index contributed by atoms with van der Waals surface area (Å²) in [5, 5.41) is 13.0. The average Bonchev–Trinajstić information content (AvgIpc) is 2.86. The van der Waals surface area contributed by atoms with E-state index in [0.717, 1.165) is 0 Å². The molecule has 20 heavy (non-hydrogen) atoms. The molecule has 1 N–H and O–H groups in total. The highest BCUT2D eigenvalue weighted by Gasteiger charge is 2.13. The molecule has 0 aliphatic carbocycles. The van der Waals surface area contributed by atoms with E-state index in [2.05, 4.69) is 26.0 Å². The van der Waals surface area contributed by atoms with E-state index >= 15 is 0 Å². The Morgan fingerprint density at radius 3 is 2.80 bits per heavy atom. The van der Waals surface area contributed by atoms with Crippen LogP contribution in [0.5, 0.6) is 0 Å². The zero-order valence-electron chi connectivity index (χ0n) is 9.92. The Hall–Kier alpha value is -2.28. The van der Waals surface area contributed by atoms with Crippen molar-refractivity contribution in [3.63, 3.8) is 0 Å². The SMILES string of the molecule is O=C(O)c1cc2nccc(-c3ccc(F)c(Br)c3)n2n1. The normalized spacial score (nSPS) is 10.9. The number of carboxylic acids is 1. The van der Waals surface area contributed by atoms with Gasteiger partial charge in [-0.2, -0.15) is 5.10 Å². The van der Waals surface area contributed by atoms with Crippen LogP contribution in [0.2, 0.25) is 0 Å². The van der Waals surface area contributed by atoms with Crippen LogP contribution in [0.15, 0.2) is 41.0 Å². The predicted octanol–water partition coefficient (Wildman–Crippen LogP) is 3.00. The smallest absolute Gasteiger partial charge is 0.356 e. The van der Waals surface area contributed by atoms with E-state index in [1.165, 1.54) is 16.6 Å². The molecule has 3 aromatic rings. The molecule has 0 radical (unpaired) electrons. The standard InChI is InChI=1S/C13H7BrFN3O2/c14-8-5-7(1-2-9(8)15)11-3-4-16-12-6-10(13(19)20)17-18(11)12/h1-6H,(H,19,20). The Morgan fingerprint density at radius 2 is 2.10 bits per heavy atom. The summed E-state index contributed by atoms with van der Waals surface area (Å²) in [6.07, 6.45) is 1.55. The molecule has 0 fully saturated rings. The molecular formula is C13H7BrFN3O2. The number of halogens is 2. The second-order valence-electron chi connectivity index (χ2n) is 4.06. The second kappa shape index (κ2) is 4.68. The molecule has 2 heterocycles. The van der Waals surface area contributed by atoms with Crippen molar-refractivity contribution in [2.75, 3.05) is 0 Å². The number of fused-ring (bicyclic) bond motifs is 1. The van der Waals surface area contributed by atoms with E-state index in [9.17, 15) is 9.18 Å². The van der Waals surface area contributed by atoms with E-state index in [0.29, 0.717) is 21.4 Å². The summed E-state index contributed by atoms with van der Waals surface area (Å²) in [7, 11) is 0. The summed E-state index contributed by atoms with van der Waals surface area (Å²) in [6.45, 7) is 0. The van der Waals surface area contributed by atoms with Crippen LogP contribution in [0, 0.1) is 5.82 Å². The third-order valence-corrected chi connectivity index (χ3v) is 3.40. The number of aromatic nitrogens is 3. The molecule has 100 valence electrons. The molecule has 3 rings (SSSR count). The van der Waals surface area contributed by atoms with Crippen molar-refractivity contribution < 1.29 is 14.3 Å². The van der Waals surface area contributed by atoms with Gasteiger partial charge in [-0.15, -0.1) is 0 Å². The number of hydrogen-bond donors (Lipinski definition) is 1. The monoisotopic (exact) mass is 335 g/mol. The van der Waals surface area contributed by atoms with Crippen LogP contribution in [-0.4, -0.2) is 25.7 Å². The molecule has 0 saturated carbocycles. The van der Waals surface area contributed by atoms with Gasteiger partial charge in [0.25, 0.3) is 0 Å². The minimum Gasteiger partial charge on any atom is -0.476 e. The van der Waals surface area contributed by atoms with Crippen LogP contribution < -0.4 is 0 Å². The predicted molar refractivity (Wildman–Crippen MR) is 73.0 cm³/mol. The summed E-state index contributed by atoms with van der Waals surface area (Å²) < 4.78 is 15.0. The van der Waals surface area contributed by atoms with Crippen molar-refractivity contribution in [1.82, 2.24) is 14.6 Å². The first kappa shape index (κ1) is 12.7. The van der Waals surface area contributed by atoms with Crippen molar-refractivity contribution in [1.29, 1.82) is 0 Å². The number of hydrogen-bond acceptors (Lipinski definition) is 3. The Balaban J connectivity index is 2.24. The maximum absolute atomic E-state index is 13.3. The van der Waals surface area contributed by atoms with Gasteiger partial charge in [-0.3, -0.25) is 0 Å². The fourth-order valence-electron chi connectivity index (χ4n) is 1.87. The summed E-state index contributed by atoms with van der Waals surface area (Å²) in [6, 6.07) is 7.59. The van der Waals surface area contributed by atoms with Gasteiger partial charge in [0.1, 0.15) is 5.82 Å². The van der Waals surface area contributed by atoms with Gasteiger partial charge in [-0.25, -0.2) is 18.7 Å². The Kier molecular flexibility index (Phi) is 2.98. The fourth-order valence-corrected chi connectivity index (χ4v) is 2.25. The molecule has 2 aromatic heterocycles. The molecule has 0 unspecified atom stereocenters. The van der Waals surface area contributed by atoms with Crippen LogP contribution in [0.25, 0.3) is 16.9 Å². The first-order valence-electron chi connectivity index (χ1n) is 5.60. The molecule has 0 aliphatic heterocycles. The Morgan fingerprint density at radius 1 is 1.30 bits per heavy atom. The van der Waals surface area contributed by atoms with Crippen molar-refractivity contribution in [3.8, 4) is 11.3 Å². The lowest BCUT2D eigenvalue weighted by Crippen LogP contribution is -1.99. The van der Waals surface area contributed by atoms with Crippen LogP contribution >= 0.6 is 15.9 Å². The number of aromatic carboxylic acids is 1. The fraction of sp³-hybridized carbons (Fsp3) is 0. The highest BCUT2D eigenvalue weighted by atomic mass is 79.9. The van der Waals surface area contributed by atoms with E-state index in [1.54, 1.807) is 24.4 Å². The van der Waals surface area contributed by atoms with E-state index in [4.69, 9.17) is 5.11 Å². The third kappa shape index (κ3) is 2.05. The maximum atomic E-state index is 13.3. The highest BCUT2D eigenvalue weighted by molar-refractivity contribution is 9.10. The van der Waals surface area contributed by atoms with Gasteiger partial charge in [0, 0.05) is 17.8 Å². The minimum absolute atomic E-state index is 0.0915. The zero-order valence-corrected chi connectivity index (χ0v) is 11.5. The number of carbonyl (C=O) groups is 1. The number of benzene rings is 1. The van der Waals surface area contributed by atoms with Crippen LogP contribution in [0.3, 0.4) is 0 Å². The first-order valence-corrected chi connectivity index (χ1v) is 6.39. The van der Waals surface area contributed by atoms with Crippen LogP contribution in [0.1, 0.15) is 10.5 Å². The van der Waals surface area contributed by atoms with Gasteiger partial charge < -0.3 is 5.11 Å². The van der Waals surface area contributed by atoms with Crippen LogP contribution in [0.4, 0.5) is 4.39 Å². The number of nitrogens with zero attached hydrogens (tertiary/aromatic N) is 3. The lowest BCUT2D eigenvalue weighted by Gasteiger charge is -2.05. The van der Waals surface area contributed by atoms with E-state index < -0.39 is 5.97 Å². The molecular weight excluding hydrogens is 329 g/mol. The second-order valence-corrected chi connectivity index (χ2v) is 4.92. The topological polar surface area (TPSA) is 67.5 Å². The molecule has 0 atom stereocenters. The van der Waals surface area contributed by atoms with Gasteiger partial charge in [0.05, 0.1) is 10.2 Å². The number of carboxylic acid groups (broad SMARTS) is 1. The summed E-state index contributed by atoms with van der Waals surface area (Å²) >= 11 is 3.12. The molecule has 0 aliphatic rings. The van der Waals surface area contributed by atoms with Gasteiger partial charge in [-0.1, -0.05) is 0 Å². The number of rotatable bonds is 2. The molecule has 0 bridgehead atoms. The van der Waals surface area contributed by atoms with Crippen molar-refractivity contribution in [2.45, 2.75) is 0 Å². The quantitative estimate of drug-likeness (QED) is 0.781. The van der Waals surface area contributed by atoms with Gasteiger partial charge in [0.15, 0.2) is 11.3 Å². The summed E-state index contributed by atoms with van der Waals surface area (Å²) in [4.78, 5) is 15.0. The van der Waals surface area contributed by atoms with Crippen molar-refractivity contribution >= 4 is 27.5 Å². The summed E-state index contributed by atoms with van der Waals surface area (Å²) in [5.74, 6) is -1.49. The van der Waals surface area contributed by atoms with Crippen LogP contribution in [-0.2, 0) is 0 Å². The summed E-state index contributed by atoms with van der Waals surface area (Å²) in [5.41, 5.74) is 1.65. The largest absolute Gasteiger partial charge is 0.476 e. The van der Waals surface area contributed by atoms with Gasteiger partial charge in [-0.05, 0) is 40.2 Å². The lowest BCUT2D eigenvalue weighted by molar-refractivity contribution is 0.0690. The van der Waals surface area contributed by atoms with Gasteiger partial charge >= 0.3 is 5.97 Å². The zero-order chi connectivity index (χ0) is 14.3. The minimum atomic E-state index is -1.12. The molecule has 0 amide bonds. The Labute approximate surface area is 120 Å². The first-order chi connectivity index (χ1) is 9.56. The van der Waals surface area contributed by atoms with Crippen molar-refractivity contribution in [2.24, 2.45) is 0 Å². The Bertz CT molecular complexity index is 832. The molecule has 0 saturated heterocycles. The third-order valence-electron chi connectivity index (χ3n) is 2.79. The molecule has 5 nitrogen and oxygen atoms in total.